The summed E-state index contributed by atoms with van der Waals surface area (Å²) >= 11 is 0. The van der Waals surface area contributed by atoms with Crippen LogP contribution in [0.3, 0.4) is 0 Å². The Labute approximate surface area is 155 Å². The molecule has 2 aliphatic rings. The first-order valence-electron chi connectivity index (χ1n) is 8.85. The summed E-state index contributed by atoms with van der Waals surface area (Å²) in [5, 5.41) is 3.00. The fourth-order valence-corrected chi connectivity index (χ4v) is 3.34. The number of hydrogen-bond donors (Lipinski definition) is 1. The van der Waals surface area contributed by atoms with E-state index < -0.39 is 5.82 Å². The van der Waals surface area contributed by atoms with Crippen LogP contribution in [0.25, 0.3) is 0 Å². The molecule has 0 atom stereocenters. The molecule has 140 valence electrons. The zero-order chi connectivity index (χ0) is 18.8. The van der Waals surface area contributed by atoms with Gasteiger partial charge in [-0.2, -0.15) is 0 Å². The Kier molecular flexibility index (Phi) is 4.66. The Morgan fingerprint density at radius 2 is 1.78 bits per heavy atom. The van der Waals surface area contributed by atoms with Gasteiger partial charge in [-0.15, -0.1) is 0 Å². The molecule has 0 saturated carbocycles. The third-order valence-corrected chi connectivity index (χ3v) is 4.82. The van der Waals surface area contributed by atoms with Crippen LogP contribution in [-0.4, -0.2) is 42.6 Å². The van der Waals surface area contributed by atoms with E-state index in [1.165, 1.54) is 18.2 Å². The predicted octanol–water partition coefficient (Wildman–Crippen LogP) is 2.59. The van der Waals surface area contributed by atoms with Crippen LogP contribution in [0.15, 0.2) is 42.5 Å². The van der Waals surface area contributed by atoms with Crippen LogP contribution in [0.2, 0.25) is 0 Å². The van der Waals surface area contributed by atoms with Gasteiger partial charge in [-0.1, -0.05) is 6.07 Å². The van der Waals surface area contributed by atoms with E-state index in [0.717, 1.165) is 0 Å². The molecule has 2 heterocycles. The van der Waals surface area contributed by atoms with Gasteiger partial charge >= 0.3 is 0 Å². The molecule has 1 fully saturated rings. The molecule has 1 saturated heterocycles. The number of likely N-dealkylation sites (tertiary alicyclic amines) is 1. The van der Waals surface area contributed by atoms with E-state index in [4.69, 9.17) is 9.47 Å². The Balaban J connectivity index is 1.33. The highest BCUT2D eigenvalue weighted by atomic mass is 19.1. The molecule has 0 aromatic heterocycles. The molecule has 4 rings (SSSR count). The average Bonchev–Trinajstić information content (AvgIpc) is 3.16. The lowest BCUT2D eigenvalue weighted by molar-refractivity contribution is 0.0697. The van der Waals surface area contributed by atoms with Crippen molar-refractivity contribution in [1.29, 1.82) is 0 Å². The molecule has 27 heavy (non-hydrogen) atoms. The van der Waals surface area contributed by atoms with Crippen molar-refractivity contribution < 1.29 is 23.5 Å². The molecule has 6 nitrogen and oxygen atoms in total. The second-order valence-electron chi connectivity index (χ2n) is 6.62. The average molecular weight is 370 g/mol. The molecule has 2 amide bonds. The number of benzene rings is 2. The number of carbonyl (C=O) groups is 2. The Hall–Kier alpha value is -3.09. The van der Waals surface area contributed by atoms with Crippen LogP contribution >= 0.6 is 0 Å². The standard InChI is InChI=1S/C20H19FN2O4/c21-15-3-1-2-14(10-15)20(25)23-8-6-16(7-9-23)22-19(24)13-4-5-17-18(11-13)27-12-26-17/h1-5,10-11,16H,6-9,12H2,(H,22,24). The lowest BCUT2D eigenvalue weighted by Crippen LogP contribution is -2.46. The van der Waals surface area contributed by atoms with Crippen molar-refractivity contribution in [3.05, 3.63) is 59.4 Å². The summed E-state index contributed by atoms with van der Waals surface area (Å²) in [7, 11) is 0. The molecule has 1 N–H and O–H groups in total. The van der Waals surface area contributed by atoms with Crippen molar-refractivity contribution in [1.82, 2.24) is 10.2 Å². The van der Waals surface area contributed by atoms with Gasteiger partial charge in [0.25, 0.3) is 11.8 Å². The quantitative estimate of drug-likeness (QED) is 0.902. The molecular formula is C20H19FN2O4. The zero-order valence-corrected chi connectivity index (χ0v) is 14.6. The van der Waals surface area contributed by atoms with Crippen LogP contribution < -0.4 is 14.8 Å². The van der Waals surface area contributed by atoms with E-state index in [0.29, 0.717) is 48.6 Å². The summed E-state index contributed by atoms with van der Waals surface area (Å²) in [6, 6.07) is 10.8. The zero-order valence-electron chi connectivity index (χ0n) is 14.6. The van der Waals surface area contributed by atoms with Crippen LogP contribution in [-0.2, 0) is 0 Å². The molecule has 2 aliphatic heterocycles. The molecule has 0 aliphatic carbocycles. The predicted molar refractivity (Wildman–Crippen MR) is 95.4 cm³/mol. The van der Waals surface area contributed by atoms with Gasteiger partial charge in [-0.3, -0.25) is 9.59 Å². The lowest BCUT2D eigenvalue weighted by Gasteiger charge is -2.32. The summed E-state index contributed by atoms with van der Waals surface area (Å²) in [5.41, 5.74) is 0.857. The summed E-state index contributed by atoms with van der Waals surface area (Å²) in [4.78, 5) is 26.6. The van der Waals surface area contributed by atoms with Crippen molar-refractivity contribution in [2.24, 2.45) is 0 Å². The van der Waals surface area contributed by atoms with Crippen LogP contribution in [0.5, 0.6) is 11.5 Å². The maximum Gasteiger partial charge on any atom is 0.253 e. The Morgan fingerprint density at radius 1 is 1.00 bits per heavy atom. The monoisotopic (exact) mass is 370 g/mol. The van der Waals surface area contributed by atoms with E-state index in [1.807, 2.05) is 0 Å². The van der Waals surface area contributed by atoms with Gasteiger partial charge in [0.2, 0.25) is 6.79 Å². The number of carbonyl (C=O) groups excluding carboxylic acids is 2. The van der Waals surface area contributed by atoms with Crippen LogP contribution in [0.4, 0.5) is 4.39 Å². The number of ether oxygens (including phenoxy) is 2. The molecule has 0 radical (unpaired) electrons. The molecular weight excluding hydrogens is 351 g/mol. The molecule has 0 unspecified atom stereocenters. The van der Waals surface area contributed by atoms with Gasteiger partial charge in [0, 0.05) is 30.3 Å². The van der Waals surface area contributed by atoms with E-state index in [2.05, 4.69) is 5.32 Å². The molecule has 2 aromatic carbocycles. The van der Waals surface area contributed by atoms with Crippen molar-refractivity contribution in [2.45, 2.75) is 18.9 Å². The fraction of sp³-hybridized carbons (Fsp3) is 0.300. The fourth-order valence-electron chi connectivity index (χ4n) is 3.34. The maximum atomic E-state index is 13.3. The summed E-state index contributed by atoms with van der Waals surface area (Å²) in [6.45, 7) is 1.20. The minimum atomic E-state index is -0.424. The van der Waals surface area contributed by atoms with Crippen molar-refractivity contribution in [3.8, 4) is 11.5 Å². The largest absolute Gasteiger partial charge is 0.454 e. The minimum Gasteiger partial charge on any atom is -0.454 e. The molecule has 2 aromatic rings. The van der Waals surface area contributed by atoms with Crippen molar-refractivity contribution in [3.63, 3.8) is 0 Å². The summed E-state index contributed by atoms with van der Waals surface area (Å²) < 4.78 is 23.9. The molecule has 0 bridgehead atoms. The number of nitrogens with one attached hydrogen (secondary N) is 1. The first-order valence-corrected chi connectivity index (χ1v) is 8.85. The lowest BCUT2D eigenvalue weighted by atomic mass is 10.0. The third-order valence-electron chi connectivity index (χ3n) is 4.82. The summed E-state index contributed by atoms with van der Waals surface area (Å²) in [6.07, 6.45) is 1.30. The Morgan fingerprint density at radius 3 is 2.56 bits per heavy atom. The van der Waals surface area contributed by atoms with E-state index >= 15 is 0 Å². The smallest absolute Gasteiger partial charge is 0.253 e. The van der Waals surface area contributed by atoms with Crippen LogP contribution in [0.1, 0.15) is 33.6 Å². The number of nitrogens with zero attached hydrogens (tertiary/aromatic N) is 1. The molecule has 7 heteroatoms. The highest BCUT2D eigenvalue weighted by Crippen LogP contribution is 2.32. The first kappa shape index (κ1) is 17.3. The van der Waals surface area contributed by atoms with Gasteiger partial charge in [-0.25, -0.2) is 4.39 Å². The second-order valence-corrected chi connectivity index (χ2v) is 6.62. The third kappa shape index (κ3) is 3.72. The number of rotatable bonds is 3. The first-order chi connectivity index (χ1) is 13.1. The van der Waals surface area contributed by atoms with Gasteiger partial charge in [-0.05, 0) is 49.2 Å². The van der Waals surface area contributed by atoms with E-state index in [9.17, 15) is 14.0 Å². The van der Waals surface area contributed by atoms with Gasteiger partial charge in [0.1, 0.15) is 5.82 Å². The number of fused-ring (bicyclic) bond motifs is 1. The number of halogens is 1. The van der Waals surface area contributed by atoms with E-state index in [1.54, 1.807) is 29.2 Å². The molecule has 0 spiro atoms. The minimum absolute atomic E-state index is 0.0144. The highest BCUT2D eigenvalue weighted by Gasteiger charge is 2.25. The highest BCUT2D eigenvalue weighted by molar-refractivity contribution is 5.95. The number of amides is 2. The van der Waals surface area contributed by atoms with Gasteiger partial charge < -0.3 is 19.7 Å². The van der Waals surface area contributed by atoms with Crippen LogP contribution in [0, 0.1) is 5.82 Å². The SMILES string of the molecule is O=C(NC1CCN(C(=O)c2cccc(F)c2)CC1)c1ccc2c(c1)OCO2. The van der Waals surface area contributed by atoms with Crippen molar-refractivity contribution >= 4 is 11.8 Å². The van der Waals surface area contributed by atoms with Gasteiger partial charge in [0.15, 0.2) is 11.5 Å². The number of piperidine rings is 1. The Bertz CT molecular complexity index is 878. The topological polar surface area (TPSA) is 67.9 Å². The van der Waals surface area contributed by atoms with Gasteiger partial charge in [0.05, 0.1) is 0 Å². The summed E-state index contributed by atoms with van der Waals surface area (Å²) in [5.74, 6) is 0.416. The van der Waals surface area contributed by atoms with Crippen molar-refractivity contribution in [2.75, 3.05) is 19.9 Å². The second kappa shape index (κ2) is 7.26. The normalized spacial score (nSPS) is 16.3. The van der Waals surface area contributed by atoms with E-state index in [-0.39, 0.29) is 24.6 Å². The number of hydrogen-bond acceptors (Lipinski definition) is 4. The maximum absolute atomic E-state index is 13.3.